The molecule has 0 fully saturated rings. The van der Waals surface area contributed by atoms with Gasteiger partial charge in [-0.1, -0.05) is 44.5 Å². The van der Waals surface area contributed by atoms with Gasteiger partial charge in [-0.25, -0.2) is 0 Å². The van der Waals surface area contributed by atoms with Crippen LogP contribution < -0.4 is 20.3 Å². The number of nitrogens with one attached hydrogen (secondary N) is 2. The van der Waals surface area contributed by atoms with Gasteiger partial charge in [0.05, 0.1) is 35.7 Å². The van der Waals surface area contributed by atoms with Crippen molar-refractivity contribution in [3.05, 3.63) is 47.7 Å². The van der Waals surface area contributed by atoms with E-state index in [1.54, 1.807) is 12.1 Å². The van der Waals surface area contributed by atoms with Crippen LogP contribution in [0, 0.1) is 0 Å². The minimum atomic E-state index is -0.674. The van der Waals surface area contributed by atoms with Crippen molar-refractivity contribution in [3.63, 3.8) is 0 Å². The Labute approximate surface area is 176 Å². The zero-order valence-corrected chi connectivity index (χ0v) is 17.7. The summed E-state index contributed by atoms with van der Waals surface area (Å²) in [6.07, 6.45) is 3.19. The van der Waals surface area contributed by atoms with Gasteiger partial charge in [0.25, 0.3) is 5.91 Å². The number of aromatic nitrogens is 1. The van der Waals surface area contributed by atoms with Crippen LogP contribution in [0.1, 0.15) is 27.2 Å². The highest BCUT2D eigenvalue weighted by molar-refractivity contribution is 6.30. The first-order chi connectivity index (χ1) is 14.1. The van der Waals surface area contributed by atoms with Crippen LogP contribution in [0.5, 0.6) is 5.75 Å². The molecule has 0 spiro atoms. The quantitative estimate of drug-likeness (QED) is 0.750. The SMILES string of the molecule is CC.CCCNC(=O)C1CN(CC(=O)Nc2cncc(Cl)c2)c2ccccc2O1. The molecule has 1 aliphatic rings. The molecule has 2 amide bonds. The maximum atomic E-state index is 12.5. The van der Waals surface area contributed by atoms with E-state index >= 15 is 0 Å². The third-order valence-corrected chi connectivity index (χ3v) is 4.23. The summed E-state index contributed by atoms with van der Waals surface area (Å²) in [5, 5.41) is 6.05. The molecular weight excluding hydrogens is 392 g/mol. The number of rotatable bonds is 6. The molecule has 156 valence electrons. The van der Waals surface area contributed by atoms with Crippen molar-refractivity contribution in [3.8, 4) is 5.75 Å². The van der Waals surface area contributed by atoms with Crippen LogP contribution in [0.4, 0.5) is 11.4 Å². The molecule has 0 saturated carbocycles. The number of carbonyl (C=O) groups is 2. The fourth-order valence-corrected chi connectivity index (χ4v) is 2.98. The summed E-state index contributed by atoms with van der Waals surface area (Å²) in [5.41, 5.74) is 1.29. The van der Waals surface area contributed by atoms with Crippen LogP contribution in [0.2, 0.25) is 5.02 Å². The van der Waals surface area contributed by atoms with Gasteiger partial charge in [0.2, 0.25) is 5.91 Å². The van der Waals surface area contributed by atoms with E-state index in [4.69, 9.17) is 16.3 Å². The highest BCUT2D eigenvalue weighted by Gasteiger charge is 2.31. The van der Waals surface area contributed by atoms with Gasteiger partial charge in [-0.2, -0.15) is 0 Å². The Balaban J connectivity index is 0.00000145. The number of fused-ring (bicyclic) bond motifs is 1. The average molecular weight is 419 g/mol. The van der Waals surface area contributed by atoms with Crippen molar-refractivity contribution in [1.82, 2.24) is 10.3 Å². The van der Waals surface area contributed by atoms with Crippen molar-refractivity contribution in [1.29, 1.82) is 0 Å². The molecule has 2 aromatic rings. The van der Waals surface area contributed by atoms with Crippen LogP contribution >= 0.6 is 11.6 Å². The molecule has 8 heteroatoms. The molecule has 0 bridgehead atoms. The summed E-state index contributed by atoms with van der Waals surface area (Å²) >= 11 is 5.90. The van der Waals surface area contributed by atoms with Crippen molar-refractivity contribution in [2.75, 3.05) is 29.9 Å². The lowest BCUT2D eigenvalue weighted by molar-refractivity contribution is -0.128. The number of ether oxygens (including phenoxy) is 1. The van der Waals surface area contributed by atoms with Gasteiger partial charge in [0.15, 0.2) is 6.10 Å². The largest absolute Gasteiger partial charge is 0.477 e. The van der Waals surface area contributed by atoms with Crippen LogP contribution in [-0.2, 0) is 9.59 Å². The van der Waals surface area contributed by atoms with Gasteiger partial charge in [-0.15, -0.1) is 0 Å². The minimum Gasteiger partial charge on any atom is -0.477 e. The Morgan fingerprint density at radius 3 is 2.76 bits per heavy atom. The van der Waals surface area contributed by atoms with E-state index in [1.165, 1.54) is 12.4 Å². The highest BCUT2D eigenvalue weighted by Crippen LogP contribution is 2.33. The standard InChI is InChI=1S/C19H21ClN4O3.C2H6/c1-2-7-22-19(26)17-11-24(15-5-3-4-6-16(15)27-17)12-18(25)23-14-8-13(20)9-21-10-14;1-2/h3-6,8-10,17H,2,7,11-12H2,1H3,(H,22,26)(H,23,25);1-2H3. The second-order valence-corrected chi connectivity index (χ2v) is 6.62. The van der Waals surface area contributed by atoms with Gasteiger partial charge < -0.3 is 20.3 Å². The van der Waals surface area contributed by atoms with E-state index < -0.39 is 6.10 Å². The summed E-state index contributed by atoms with van der Waals surface area (Å²) in [4.78, 5) is 30.6. The predicted molar refractivity (Wildman–Crippen MR) is 116 cm³/mol. The van der Waals surface area contributed by atoms with E-state index in [-0.39, 0.29) is 24.9 Å². The van der Waals surface area contributed by atoms with Crippen molar-refractivity contribution >= 4 is 34.8 Å². The lowest BCUT2D eigenvalue weighted by Gasteiger charge is -2.35. The van der Waals surface area contributed by atoms with Crippen molar-refractivity contribution < 1.29 is 14.3 Å². The van der Waals surface area contributed by atoms with E-state index in [0.29, 0.717) is 23.0 Å². The highest BCUT2D eigenvalue weighted by atomic mass is 35.5. The molecule has 3 rings (SSSR count). The molecule has 29 heavy (non-hydrogen) atoms. The number of halogens is 1. The maximum Gasteiger partial charge on any atom is 0.262 e. The molecule has 1 aromatic carbocycles. The minimum absolute atomic E-state index is 0.0739. The number of anilines is 2. The number of amides is 2. The summed E-state index contributed by atoms with van der Waals surface area (Å²) in [7, 11) is 0. The molecular formula is C21H27ClN4O3. The third-order valence-electron chi connectivity index (χ3n) is 4.03. The van der Waals surface area contributed by atoms with Crippen LogP contribution in [0.3, 0.4) is 0 Å². The number of hydrogen-bond acceptors (Lipinski definition) is 5. The topological polar surface area (TPSA) is 83.6 Å². The summed E-state index contributed by atoms with van der Waals surface area (Å²) in [6, 6.07) is 8.98. The zero-order chi connectivity index (χ0) is 21.2. The van der Waals surface area contributed by atoms with Gasteiger partial charge in [-0.3, -0.25) is 14.6 Å². The molecule has 1 aromatic heterocycles. The maximum absolute atomic E-state index is 12.5. The molecule has 2 N–H and O–H groups in total. The Hall–Kier alpha value is -2.80. The molecule has 0 radical (unpaired) electrons. The third kappa shape index (κ3) is 6.35. The second kappa shape index (κ2) is 11.3. The Morgan fingerprint density at radius 1 is 1.28 bits per heavy atom. The first-order valence-corrected chi connectivity index (χ1v) is 10.1. The number of para-hydroxylation sites is 2. The second-order valence-electron chi connectivity index (χ2n) is 6.19. The number of hydrogen-bond donors (Lipinski definition) is 2. The monoisotopic (exact) mass is 418 g/mol. The van der Waals surface area contributed by atoms with Gasteiger partial charge in [0, 0.05) is 12.7 Å². The Bertz CT molecular complexity index is 831. The fraction of sp³-hybridized carbons (Fsp3) is 0.381. The first-order valence-electron chi connectivity index (χ1n) is 9.75. The smallest absolute Gasteiger partial charge is 0.262 e. The zero-order valence-electron chi connectivity index (χ0n) is 16.9. The van der Waals surface area contributed by atoms with Gasteiger partial charge >= 0.3 is 0 Å². The molecule has 0 aliphatic carbocycles. The van der Waals surface area contributed by atoms with Crippen molar-refractivity contribution in [2.24, 2.45) is 0 Å². The van der Waals surface area contributed by atoms with Crippen LogP contribution in [0.15, 0.2) is 42.7 Å². The molecule has 1 aliphatic heterocycles. The molecule has 2 heterocycles. The Kier molecular flexibility index (Phi) is 8.73. The fourth-order valence-electron chi connectivity index (χ4n) is 2.81. The average Bonchev–Trinajstić information content (AvgIpc) is 2.73. The molecule has 1 atom stereocenters. The summed E-state index contributed by atoms with van der Waals surface area (Å²) in [6.45, 7) is 6.93. The van der Waals surface area contributed by atoms with E-state index in [0.717, 1.165) is 12.1 Å². The molecule has 7 nitrogen and oxygen atoms in total. The van der Waals surface area contributed by atoms with Crippen molar-refractivity contribution in [2.45, 2.75) is 33.3 Å². The summed E-state index contributed by atoms with van der Waals surface area (Å²) in [5.74, 6) is 0.164. The summed E-state index contributed by atoms with van der Waals surface area (Å²) < 4.78 is 5.82. The van der Waals surface area contributed by atoms with Gasteiger partial charge in [-0.05, 0) is 24.6 Å². The molecule has 0 saturated heterocycles. The van der Waals surface area contributed by atoms with E-state index in [2.05, 4.69) is 15.6 Å². The first kappa shape index (κ1) is 22.5. The normalized spacial score (nSPS) is 14.6. The van der Waals surface area contributed by atoms with E-state index in [1.807, 2.05) is 43.9 Å². The lowest BCUT2D eigenvalue weighted by atomic mass is 10.1. The lowest BCUT2D eigenvalue weighted by Crippen LogP contribution is -2.50. The number of carbonyl (C=O) groups excluding carboxylic acids is 2. The Morgan fingerprint density at radius 2 is 2.03 bits per heavy atom. The predicted octanol–water partition coefficient (Wildman–Crippen LogP) is 3.49. The number of pyridine rings is 1. The number of benzene rings is 1. The van der Waals surface area contributed by atoms with Gasteiger partial charge in [0.1, 0.15) is 5.75 Å². The van der Waals surface area contributed by atoms with Crippen LogP contribution in [0.25, 0.3) is 0 Å². The number of nitrogens with zero attached hydrogens (tertiary/aromatic N) is 2. The van der Waals surface area contributed by atoms with Crippen LogP contribution in [-0.4, -0.2) is 42.5 Å². The van der Waals surface area contributed by atoms with E-state index in [9.17, 15) is 9.59 Å². The molecule has 1 unspecified atom stereocenters.